The van der Waals surface area contributed by atoms with Gasteiger partial charge < -0.3 is 20.3 Å². The smallest absolute Gasteiger partial charge is 0.191 e. The van der Waals surface area contributed by atoms with Crippen LogP contribution in [-0.4, -0.2) is 74.3 Å². The zero-order valence-corrected chi connectivity index (χ0v) is 14.3. The molecule has 0 radical (unpaired) electrons. The minimum Gasteiger partial charge on any atom is -0.374 e. The highest BCUT2D eigenvalue weighted by Crippen LogP contribution is 2.20. The molecule has 1 heterocycles. The Morgan fingerprint density at radius 1 is 1.45 bits per heavy atom. The molecular formula is C14H30N4OS. The number of thioether (sulfide) groups is 1. The molecule has 2 N–H and O–H groups in total. The molecular weight excluding hydrogens is 272 g/mol. The van der Waals surface area contributed by atoms with E-state index >= 15 is 0 Å². The number of morpholine rings is 1. The third-order valence-corrected chi connectivity index (χ3v) is 4.59. The van der Waals surface area contributed by atoms with Crippen LogP contribution in [0.1, 0.15) is 20.8 Å². The number of hydrogen-bond donors (Lipinski definition) is 2. The molecule has 0 spiro atoms. The van der Waals surface area contributed by atoms with E-state index in [9.17, 15) is 0 Å². The molecule has 0 aromatic rings. The van der Waals surface area contributed by atoms with E-state index in [0.29, 0.717) is 0 Å². The van der Waals surface area contributed by atoms with Gasteiger partial charge in [0.1, 0.15) is 0 Å². The minimum absolute atomic E-state index is 0.171. The van der Waals surface area contributed by atoms with Gasteiger partial charge >= 0.3 is 0 Å². The average molecular weight is 302 g/mol. The van der Waals surface area contributed by atoms with E-state index in [1.807, 2.05) is 11.8 Å². The summed E-state index contributed by atoms with van der Waals surface area (Å²) in [5.41, 5.74) is 0. The third-order valence-electron chi connectivity index (χ3n) is 3.35. The van der Waals surface area contributed by atoms with Crippen LogP contribution in [-0.2, 0) is 4.74 Å². The molecule has 1 aliphatic rings. The second-order valence-corrected chi connectivity index (χ2v) is 7.31. The van der Waals surface area contributed by atoms with Gasteiger partial charge in [-0.3, -0.25) is 4.99 Å². The Balaban J connectivity index is 2.43. The fraction of sp³-hybridized carbons (Fsp3) is 0.929. The van der Waals surface area contributed by atoms with Gasteiger partial charge in [-0.05, 0) is 34.1 Å². The molecule has 0 amide bonds. The number of rotatable bonds is 6. The van der Waals surface area contributed by atoms with Crippen LogP contribution in [0.4, 0.5) is 0 Å². The maximum atomic E-state index is 5.75. The predicted octanol–water partition coefficient (Wildman–Crippen LogP) is 1.01. The third kappa shape index (κ3) is 6.81. The van der Waals surface area contributed by atoms with Crippen LogP contribution in [0.15, 0.2) is 4.99 Å². The van der Waals surface area contributed by atoms with Crippen molar-refractivity contribution in [1.29, 1.82) is 0 Å². The van der Waals surface area contributed by atoms with Crippen LogP contribution in [0.2, 0.25) is 0 Å². The zero-order valence-electron chi connectivity index (χ0n) is 13.5. The molecule has 118 valence electrons. The average Bonchev–Trinajstić information content (AvgIpc) is 2.42. The Kier molecular flexibility index (Phi) is 7.69. The Hall–Kier alpha value is -0.460. The highest BCUT2D eigenvalue weighted by atomic mass is 32.2. The van der Waals surface area contributed by atoms with E-state index in [1.54, 1.807) is 0 Å². The molecule has 6 heteroatoms. The van der Waals surface area contributed by atoms with Crippen molar-refractivity contribution < 1.29 is 4.74 Å². The van der Waals surface area contributed by atoms with Gasteiger partial charge in [-0.2, -0.15) is 11.8 Å². The van der Waals surface area contributed by atoms with E-state index in [2.05, 4.69) is 54.6 Å². The lowest BCUT2D eigenvalue weighted by Crippen LogP contribution is -2.48. The molecule has 1 atom stereocenters. The lowest BCUT2D eigenvalue weighted by Gasteiger charge is -2.30. The van der Waals surface area contributed by atoms with Crippen molar-refractivity contribution in [3.63, 3.8) is 0 Å². The number of nitrogens with one attached hydrogen (secondary N) is 2. The second kappa shape index (κ2) is 8.74. The molecule has 1 rings (SSSR count). The van der Waals surface area contributed by atoms with Gasteiger partial charge in [-0.25, -0.2) is 0 Å². The first-order valence-corrected chi connectivity index (χ1v) is 8.57. The standard InChI is InChI=1S/C14H30N4OS/c1-6-15-13(17-11-14(2,3)20-5)16-9-12-10-18(4)7-8-19-12/h12H,6-11H2,1-5H3,(H2,15,16,17). The minimum atomic E-state index is 0.171. The Morgan fingerprint density at radius 2 is 2.20 bits per heavy atom. The van der Waals surface area contributed by atoms with Gasteiger partial charge in [0.15, 0.2) is 5.96 Å². The number of aliphatic imine (C=N–C) groups is 1. The van der Waals surface area contributed by atoms with Gasteiger partial charge in [0.2, 0.25) is 0 Å². The highest BCUT2D eigenvalue weighted by molar-refractivity contribution is 7.99. The first-order chi connectivity index (χ1) is 9.46. The molecule has 0 aromatic carbocycles. The van der Waals surface area contributed by atoms with Crippen molar-refractivity contribution >= 4 is 17.7 Å². The van der Waals surface area contributed by atoms with Crippen molar-refractivity contribution in [1.82, 2.24) is 15.5 Å². The molecule has 0 aliphatic carbocycles. The number of likely N-dealkylation sites (N-methyl/N-ethyl adjacent to an activating group) is 1. The zero-order chi connectivity index (χ0) is 15.0. The Morgan fingerprint density at radius 3 is 2.80 bits per heavy atom. The molecule has 0 aromatic heterocycles. The van der Waals surface area contributed by atoms with Gasteiger partial charge in [0.25, 0.3) is 0 Å². The van der Waals surface area contributed by atoms with Crippen molar-refractivity contribution in [3.8, 4) is 0 Å². The number of ether oxygens (including phenoxy) is 1. The van der Waals surface area contributed by atoms with E-state index < -0.39 is 0 Å². The number of hydrogen-bond acceptors (Lipinski definition) is 4. The summed E-state index contributed by atoms with van der Waals surface area (Å²) in [7, 11) is 2.13. The van der Waals surface area contributed by atoms with Crippen molar-refractivity contribution in [2.24, 2.45) is 4.99 Å². The van der Waals surface area contributed by atoms with Crippen LogP contribution in [0.3, 0.4) is 0 Å². The van der Waals surface area contributed by atoms with Gasteiger partial charge in [-0.15, -0.1) is 0 Å². The Labute approximate surface area is 127 Å². The lowest BCUT2D eigenvalue weighted by atomic mass is 10.2. The molecule has 1 fully saturated rings. The maximum Gasteiger partial charge on any atom is 0.191 e. The summed E-state index contributed by atoms with van der Waals surface area (Å²) in [6.45, 7) is 11.8. The molecule has 1 saturated heterocycles. The predicted molar refractivity (Wildman–Crippen MR) is 88.8 cm³/mol. The molecule has 0 saturated carbocycles. The lowest BCUT2D eigenvalue weighted by molar-refractivity contribution is -0.0161. The van der Waals surface area contributed by atoms with Crippen LogP contribution >= 0.6 is 11.8 Å². The number of guanidine groups is 1. The second-order valence-electron chi connectivity index (χ2n) is 5.79. The first kappa shape index (κ1) is 17.6. The van der Waals surface area contributed by atoms with E-state index in [1.165, 1.54) is 0 Å². The topological polar surface area (TPSA) is 48.9 Å². The normalized spacial score (nSPS) is 21.9. The van der Waals surface area contributed by atoms with Crippen molar-refractivity contribution in [3.05, 3.63) is 0 Å². The largest absolute Gasteiger partial charge is 0.374 e. The van der Waals surface area contributed by atoms with Crippen LogP contribution in [0.25, 0.3) is 0 Å². The summed E-state index contributed by atoms with van der Waals surface area (Å²) in [4.78, 5) is 6.97. The number of nitrogens with zero attached hydrogens (tertiary/aromatic N) is 2. The molecule has 1 unspecified atom stereocenters. The van der Waals surface area contributed by atoms with Crippen molar-refractivity contribution in [2.45, 2.75) is 31.6 Å². The van der Waals surface area contributed by atoms with Crippen LogP contribution < -0.4 is 10.6 Å². The summed E-state index contributed by atoms with van der Waals surface area (Å²) in [5, 5.41) is 6.68. The van der Waals surface area contributed by atoms with Crippen LogP contribution in [0, 0.1) is 0 Å². The first-order valence-electron chi connectivity index (χ1n) is 7.34. The van der Waals surface area contributed by atoms with E-state index in [4.69, 9.17) is 4.74 Å². The van der Waals surface area contributed by atoms with E-state index in [0.717, 1.165) is 45.3 Å². The summed E-state index contributed by atoms with van der Waals surface area (Å²) < 4.78 is 5.92. The fourth-order valence-electron chi connectivity index (χ4n) is 1.88. The molecule has 20 heavy (non-hydrogen) atoms. The summed E-state index contributed by atoms with van der Waals surface area (Å²) >= 11 is 1.84. The fourth-order valence-corrected chi connectivity index (χ4v) is 2.07. The van der Waals surface area contributed by atoms with Gasteiger partial charge in [0, 0.05) is 30.9 Å². The SMILES string of the molecule is CCNC(=NCC(C)(C)SC)NCC1CN(C)CCO1. The Bertz CT molecular complexity index is 310. The molecule has 0 bridgehead atoms. The summed E-state index contributed by atoms with van der Waals surface area (Å²) in [6, 6.07) is 0. The van der Waals surface area contributed by atoms with E-state index in [-0.39, 0.29) is 10.9 Å². The van der Waals surface area contributed by atoms with Gasteiger partial charge in [0.05, 0.1) is 19.3 Å². The summed E-state index contributed by atoms with van der Waals surface area (Å²) in [6.07, 6.45) is 2.37. The van der Waals surface area contributed by atoms with Gasteiger partial charge in [-0.1, -0.05) is 0 Å². The van der Waals surface area contributed by atoms with Crippen LogP contribution in [0.5, 0.6) is 0 Å². The molecule has 1 aliphatic heterocycles. The summed E-state index contributed by atoms with van der Waals surface area (Å²) in [5.74, 6) is 0.881. The monoisotopic (exact) mass is 302 g/mol. The molecule has 5 nitrogen and oxygen atoms in total. The van der Waals surface area contributed by atoms with Crippen molar-refractivity contribution in [2.75, 3.05) is 52.6 Å². The quantitative estimate of drug-likeness (QED) is 0.566. The highest BCUT2D eigenvalue weighted by Gasteiger charge is 2.18. The maximum absolute atomic E-state index is 5.75.